The monoisotopic (exact) mass is 257 g/mol. The van der Waals surface area contributed by atoms with Crippen molar-refractivity contribution in [1.82, 2.24) is 0 Å². The van der Waals surface area contributed by atoms with Crippen molar-refractivity contribution in [3.8, 4) is 11.8 Å². The van der Waals surface area contributed by atoms with Gasteiger partial charge in [0, 0.05) is 5.92 Å². The van der Waals surface area contributed by atoms with E-state index in [-0.39, 0.29) is 5.92 Å². The lowest BCUT2D eigenvalue weighted by Crippen LogP contribution is -2.33. The highest BCUT2D eigenvalue weighted by molar-refractivity contribution is 5.83. The summed E-state index contributed by atoms with van der Waals surface area (Å²) in [4.78, 5) is 12.0. The molecule has 19 heavy (non-hydrogen) atoms. The molecule has 0 bridgehead atoms. The van der Waals surface area contributed by atoms with Gasteiger partial charge in [0.15, 0.2) is 5.41 Å². The Labute approximate surface area is 112 Å². The van der Waals surface area contributed by atoms with E-state index in [1.807, 2.05) is 36.4 Å². The molecule has 2 atom stereocenters. The fourth-order valence-corrected chi connectivity index (χ4v) is 2.44. The van der Waals surface area contributed by atoms with Gasteiger partial charge in [0.25, 0.3) is 0 Å². The normalized spacial score (nSPS) is 24.8. The minimum atomic E-state index is -1.15. The number of nitriles is 1. The molecule has 1 aromatic carbocycles. The van der Waals surface area contributed by atoms with Crippen LogP contribution in [0.2, 0.25) is 0 Å². The van der Waals surface area contributed by atoms with E-state index in [2.05, 4.69) is 6.07 Å². The first-order valence-electron chi connectivity index (χ1n) is 5.98. The summed E-state index contributed by atoms with van der Waals surface area (Å²) in [5, 5.41) is 9.44. The molecule has 2 rings (SSSR count). The zero-order valence-electron chi connectivity index (χ0n) is 10.9. The summed E-state index contributed by atoms with van der Waals surface area (Å²) >= 11 is 0. The topological polar surface area (TPSA) is 59.3 Å². The molecule has 0 fully saturated rings. The molecule has 4 nitrogen and oxygen atoms in total. The van der Waals surface area contributed by atoms with Crippen LogP contribution in [-0.4, -0.2) is 20.2 Å². The van der Waals surface area contributed by atoms with Gasteiger partial charge >= 0.3 is 5.97 Å². The SMILES string of the molecule is COC(=O)C1(C#N)CC=CC1c1ccc(OC)cc1. The number of hydrogen-bond acceptors (Lipinski definition) is 4. The number of allylic oxidation sites excluding steroid dienone is 2. The molecule has 0 N–H and O–H groups in total. The first-order valence-corrected chi connectivity index (χ1v) is 5.98. The lowest BCUT2D eigenvalue weighted by Gasteiger charge is -2.26. The molecular weight excluding hydrogens is 242 g/mol. The Balaban J connectivity index is 2.39. The Morgan fingerprint density at radius 2 is 2.05 bits per heavy atom. The molecule has 0 aliphatic heterocycles. The van der Waals surface area contributed by atoms with E-state index in [9.17, 15) is 10.1 Å². The fourth-order valence-electron chi connectivity index (χ4n) is 2.44. The molecule has 0 radical (unpaired) electrons. The predicted octanol–water partition coefficient (Wildman–Crippen LogP) is 2.42. The lowest BCUT2D eigenvalue weighted by atomic mass is 9.75. The summed E-state index contributed by atoms with van der Waals surface area (Å²) in [7, 11) is 2.91. The van der Waals surface area contributed by atoms with Gasteiger partial charge in [-0.25, -0.2) is 0 Å². The maximum Gasteiger partial charge on any atom is 0.327 e. The Bertz CT molecular complexity index is 542. The van der Waals surface area contributed by atoms with Gasteiger partial charge in [-0.1, -0.05) is 24.3 Å². The van der Waals surface area contributed by atoms with Gasteiger partial charge in [0.05, 0.1) is 20.3 Å². The number of nitrogens with zero attached hydrogens (tertiary/aromatic N) is 1. The Hall–Kier alpha value is -2.28. The van der Waals surface area contributed by atoms with Crippen molar-refractivity contribution >= 4 is 5.97 Å². The number of methoxy groups -OCH3 is 2. The lowest BCUT2D eigenvalue weighted by molar-refractivity contribution is -0.149. The second-order valence-corrected chi connectivity index (χ2v) is 4.46. The summed E-state index contributed by atoms with van der Waals surface area (Å²) in [6.07, 6.45) is 4.13. The Morgan fingerprint density at radius 1 is 1.37 bits per heavy atom. The minimum Gasteiger partial charge on any atom is -0.497 e. The zero-order valence-corrected chi connectivity index (χ0v) is 10.9. The first kappa shape index (κ1) is 13.2. The molecule has 1 aromatic rings. The second-order valence-electron chi connectivity index (χ2n) is 4.46. The van der Waals surface area contributed by atoms with E-state index in [0.717, 1.165) is 11.3 Å². The van der Waals surface area contributed by atoms with Crippen LogP contribution in [0.3, 0.4) is 0 Å². The first-order chi connectivity index (χ1) is 9.17. The van der Waals surface area contributed by atoms with Crippen LogP contribution >= 0.6 is 0 Å². The summed E-state index contributed by atoms with van der Waals surface area (Å²) in [5.74, 6) is -0.0250. The summed E-state index contributed by atoms with van der Waals surface area (Å²) < 4.78 is 9.90. The van der Waals surface area contributed by atoms with Gasteiger partial charge in [-0.3, -0.25) is 4.79 Å². The third kappa shape index (κ3) is 2.08. The van der Waals surface area contributed by atoms with Gasteiger partial charge < -0.3 is 9.47 Å². The maximum atomic E-state index is 12.0. The molecule has 0 heterocycles. The van der Waals surface area contributed by atoms with Gasteiger partial charge in [0.1, 0.15) is 5.75 Å². The quantitative estimate of drug-likeness (QED) is 0.616. The van der Waals surface area contributed by atoms with E-state index < -0.39 is 11.4 Å². The van der Waals surface area contributed by atoms with E-state index in [1.54, 1.807) is 7.11 Å². The number of carbonyl (C=O) groups is 1. The average Bonchev–Trinajstić information content (AvgIpc) is 2.91. The molecule has 0 amide bonds. The average molecular weight is 257 g/mol. The summed E-state index contributed by atoms with van der Waals surface area (Å²) in [6.45, 7) is 0. The van der Waals surface area contributed by atoms with Crippen molar-refractivity contribution in [3.05, 3.63) is 42.0 Å². The number of hydrogen-bond donors (Lipinski definition) is 0. The standard InChI is InChI=1S/C15H15NO3/c1-18-12-7-5-11(6-8-12)13-4-3-9-15(13,10-16)14(17)19-2/h3-8,13H,9H2,1-2H3. The molecule has 4 heteroatoms. The third-order valence-electron chi connectivity index (χ3n) is 3.52. The van der Waals surface area contributed by atoms with E-state index in [0.29, 0.717) is 6.42 Å². The Morgan fingerprint density at radius 3 is 2.58 bits per heavy atom. The van der Waals surface area contributed by atoms with Crippen LogP contribution in [0.4, 0.5) is 0 Å². The second kappa shape index (κ2) is 5.15. The third-order valence-corrected chi connectivity index (χ3v) is 3.52. The predicted molar refractivity (Wildman–Crippen MR) is 69.6 cm³/mol. The number of rotatable bonds is 3. The van der Waals surface area contributed by atoms with Crippen LogP contribution in [0.25, 0.3) is 0 Å². The van der Waals surface area contributed by atoms with Gasteiger partial charge in [-0.2, -0.15) is 5.26 Å². The number of esters is 1. The van der Waals surface area contributed by atoms with E-state index >= 15 is 0 Å². The minimum absolute atomic E-state index is 0.282. The van der Waals surface area contributed by atoms with Gasteiger partial charge in [-0.05, 0) is 24.1 Å². The summed E-state index contributed by atoms with van der Waals surface area (Å²) in [6, 6.07) is 9.52. The molecule has 0 saturated heterocycles. The molecule has 1 aliphatic rings. The molecular formula is C15H15NO3. The van der Waals surface area contributed by atoms with Crippen LogP contribution < -0.4 is 4.74 Å². The van der Waals surface area contributed by atoms with Gasteiger partial charge in [0.2, 0.25) is 0 Å². The zero-order chi connectivity index (χ0) is 13.9. The molecule has 2 unspecified atom stereocenters. The molecule has 0 saturated carbocycles. The number of ether oxygens (including phenoxy) is 2. The molecule has 1 aliphatic carbocycles. The van der Waals surface area contributed by atoms with E-state index in [1.165, 1.54) is 7.11 Å². The molecule has 0 spiro atoms. The maximum absolute atomic E-state index is 12.0. The number of benzene rings is 1. The van der Waals surface area contributed by atoms with Crippen LogP contribution in [0.15, 0.2) is 36.4 Å². The van der Waals surface area contributed by atoms with Crippen molar-refractivity contribution in [2.24, 2.45) is 5.41 Å². The van der Waals surface area contributed by atoms with Crippen molar-refractivity contribution in [1.29, 1.82) is 5.26 Å². The smallest absolute Gasteiger partial charge is 0.327 e. The van der Waals surface area contributed by atoms with Crippen LogP contribution in [0, 0.1) is 16.7 Å². The molecule has 98 valence electrons. The van der Waals surface area contributed by atoms with Crippen molar-refractivity contribution in [3.63, 3.8) is 0 Å². The fraction of sp³-hybridized carbons (Fsp3) is 0.333. The van der Waals surface area contributed by atoms with Gasteiger partial charge in [-0.15, -0.1) is 0 Å². The highest BCUT2D eigenvalue weighted by Crippen LogP contribution is 2.45. The van der Waals surface area contributed by atoms with Crippen LogP contribution in [0.1, 0.15) is 17.9 Å². The largest absolute Gasteiger partial charge is 0.497 e. The van der Waals surface area contributed by atoms with Crippen molar-refractivity contribution < 1.29 is 14.3 Å². The summed E-state index contributed by atoms with van der Waals surface area (Å²) in [5.41, 5.74) is -0.245. The van der Waals surface area contributed by atoms with Crippen molar-refractivity contribution in [2.75, 3.05) is 14.2 Å². The highest BCUT2D eigenvalue weighted by atomic mass is 16.5. The van der Waals surface area contributed by atoms with Crippen LogP contribution in [0.5, 0.6) is 5.75 Å². The van der Waals surface area contributed by atoms with Crippen molar-refractivity contribution in [2.45, 2.75) is 12.3 Å². The number of carbonyl (C=O) groups excluding carboxylic acids is 1. The van der Waals surface area contributed by atoms with Crippen LogP contribution in [-0.2, 0) is 9.53 Å². The molecule has 0 aromatic heterocycles. The van der Waals surface area contributed by atoms with E-state index in [4.69, 9.17) is 9.47 Å². The highest BCUT2D eigenvalue weighted by Gasteiger charge is 2.49. The Kier molecular flexibility index (Phi) is 3.57.